The molecule has 0 radical (unpaired) electrons. The van der Waals surface area contributed by atoms with Gasteiger partial charge < -0.3 is 16.0 Å². The van der Waals surface area contributed by atoms with Crippen LogP contribution in [0.4, 0.5) is 16.5 Å². The zero-order chi connectivity index (χ0) is 20.9. The number of nitrogens with one attached hydrogen (secondary N) is 3. The monoisotopic (exact) mass is 439 g/mol. The summed E-state index contributed by atoms with van der Waals surface area (Å²) in [6.07, 6.45) is 2.03. The van der Waals surface area contributed by atoms with E-state index in [1.165, 1.54) is 23.1 Å². The van der Waals surface area contributed by atoms with Gasteiger partial charge in [0.05, 0.1) is 17.0 Å². The minimum absolute atomic E-state index is 0.155. The van der Waals surface area contributed by atoms with E-state index in [4.69, 9.17) is 0 Å². The summed E-state index contributed by atoms with van der Waals surface area (Å²) < 4.78 is 0.695. The molecule has 4 rings (SSSR count). The maximum Gasteiger partial charge on any atom is 0.253 e. The second-order valence-electron chi connectivity index (χ2n) is 6.94. The van der Waals surface area contributed by atoms with Crippen LogP contribution in [-0.2, 0) is 4.79 Å². The number of carbonyl (C=O) groups excluding carboxylic acids is 2. The van der Waals surface area contributed by atoms with E-state index in [0.717, 1.165) is 24.1 Å². The Morgan fingerprint density at radius 3 is 2.57 bits per heavy atom. The van der Waals surface area contributed by atoms with E-state index < -0.39 is 0 Å². The molecule has 9 heteroatoms. The van der Waals surface area contributed by atoms with Crippen LogP contribution in [0.5, 0.6) is 0 Å². The molecule has 0 atom stereocenters. The van der Waals surface area contributed by atoms with Crippen molar-refractivity contribution in [1.29, 1.82) is 0 Å². The summed E-state index contributed by atoms with van der Waals surface area (Å²) in [5.74, 6) is -0.176. The molecule has 0 unspecified atom stereocenters. The van der Waals surface area contributed by atoms with Crippen LogP contribution in [0.2, 0.25) is 0 Å². The molecule has 0 bridgehead atoms. The molecule has 1 saturated carbocycles. The lowest BCUT2D eigenvalue weighted by molar-refractivity contribution is -0.113. The third kappa shape index (κ3) is 5.37. The quantitative estimate of drug-likeness (QED) is 0.455. The lowest BCUT2D eigenvalue weighted by Crippen LogP contribution is -2.27. The van der Waals surface area contributed by atoms with E-state index in [9.17, 15) is 9.59 Å². The predicted molar refractivity (Wildman–Crippen MR) is 121 cm³/mol. The molecule has 1 heterocycles. The number of anilines is 3. The van der Waals surface area contributed by atoms with Crippen molar-refractivity contribution in [3.63, 3.8) is 0 Å². The number of carbonyl (C=O) groups is 2. The number of rotatable bonds is 8. The van der Waals surface area contributed by atoms with Crippen LogP contribution in [0.15, 0.2) is 52.9 Å². The van der Waals surface area contributed by atoms with Crippen molar-refractivity contribution in [3.05, 3.63) is 59.7 Å². The number of amides is 2. The van der Waals surface area contributed by atoms with Gasteiger partial charge in [0, 0.05) is 11.7 Å². The molecule has 0 spiro atoms. The molecule has 7 nitrogen and oxygen atoms in total. The standard InChI is InChI=1S/C21H21N5O2S2/c1-13-6-2-4-8-16(13)24-20-25-26-21(30-20)29-12-18(27)23-17-9-5-3-7-15(17)19(28)22-14-10-11-14/h2-9,14H,10-12H2,1H3,(H,22,28)(H,23,27)(H,24,25). The lowest BCUT2D eigenvalue weighted by atomic mass is 10.1. The highest BCUT2D eigenvalue weighted by Crippen LogP contribution is 2.29. The van der Waals surface area contributed by atoms with Gasteiger partial charge in [0.2, 0.25) is 11.0 Å². The molecular formula is C21H21N5O2S2. The first-order valence-electron chi connectivity index (χ1n) is 9.57. The van der Waals surface area contributed by atoms with Crippen LogP contribution >= 0.6 is 23.1 Å². The van der Waals surface area contributed by atoms with Gasteiger partial charge in [0.15, 0.2) is 4.34 Å². The van der Waals surface area contributed by atoms with Crippen LogP contribution in [0.3, 0.4) is 0 Å². The van der Waals surface area contributed by atoms with E-state index in [1.54, 1.807) is 24.3 Å². The minimum atomic E-state index is -0.199. The summed E-state index contributed by atoms with van der Waals surface area (Å²) >= 11 is 2.70. The molecule has 2 aromatic carbocycles. The Labute approximate surface area is 182 Å². The molecule has 0 saturated heterocycles. The highest BCUT2D eigenvalue weighted by atomic mass is 32.2. The summed E-state index contributed by atoms with van der Waals surface area (Å²) in [6.45, 7) is 2.02. The lowest BCUT2D eigenvalue weighted by Gasteiger charge is -2.10. The molecule has 1 aliphatic carbocycles. The Kier molecular flexibility index (Phi) is 6.29. The third-order valence-corrected chi connectivity index (χ3v) is 6.45. The Balaban J connectivity index is 1.32. The third-order valence-electron chi connectivity index (χ3n) is 4.48. The van der Waals surface area contributed by atoms with Crippen molar-refractivity contribution < 1.29 is 9.59 Å². The Hall–Kier alpha value is -2.91. The number of thioether (sulfide) groups is 1. The van der Waals surface area contributed by atoms with Crippen LogP contribution in [0.25, 0.3) is 0 Å². The first kappa shape index (κ1) is 20.4. The summed E-state index contributed by atoms with van der Waals surface area (Å²) in [4.78, 5) is 24.8. The SMILES string of the molecule is Cc1ccccc1Nc1nnc(SCC(=O)Nc2ccccc2C(=O)NC2CC2)s1. The fourth-order valence-electron chi connectivity index (χ4n) is 2.74. The van der Waals surface area contributed by atoms with E-state index >= 15 is 0 Å². The fraction of sp³-hybridized carbons (Fsp3) is 0.238. The molecule has 1 aromatic heterocycles. The number of aryl methyl sites for hydroxylation is 1. The largest absolute Gasteiger partial charge is 0.349 e. The summed E-state index contributed by atoms with van der Waals surface area (Å²) in [7, 11) is 0. The Morgan fingerprint density at radius 2 is 1.80 bits per heavy atom. The van der Waals surface area contributed by atoms with Gasteiger partial charge in [-0.2, -0.15) is 0 Å². The maximum atomic E-state index is 12.4. The Morgan fingerprint density at radius 1 is 1.07 bits per heavy atom. The molecule has 3 N–H and O–H groups in total. The van der Waals surface area contributed by atoms with E-state index in [2.05, 4.69) is 26.1 Å². The second-order valence-corrected chi connectivity index (χ2v) is 9.14. The highest BCUT2D eigenvalue weighted by molar-refractivity contribution is 8.01. The van der Waals surface area contributed by atoms with E-state index in [-0.39, 0.29) is 23.6 Å². The van der Waals surface area contributed by atoms with E-state index in [0.29, 0.717) is 20.7 Å². The average molecular weight is 440 g/mol. The van der Waals surface area contributed by atoms with E-state index in [1.807, 2.05) is 31.2 Å². The zero-order valence-electron chi connectivity index (χ0n) is 16.3. The van der Waals surface area contributed by atoms with Gasteiger partial charge in [-0.1, -0.05) is 53.4 Å². The first-order chi connectivity index (χ1) is 14.6. The van der Waals surface area contributed by atoms with Crippen molar-refractivity contribution in [3.8, 4) is 0 Å². The second kappa shape index (κ2) is 9.27. The number of benzene rings is 2. The van der Waals surface area contributed by atoms with Gasteiger partial charge >= 0.3 is 0 Å². The topological polar surface area (TPSA) is 96.0 Å². The molecule has 154 valence electrons. The van der Waals surface area contributed by atoms with Crippen LogP contribution in [0.1, 0.15) is 28.8 Å². The molecule has 30 heavy (non-hydrogen) atoms. The van der Waals surface area contributed by atoms with Crippen LogP contribution in [-0.4, -0.2) is 33.8 Å². The summed E-state index contributed by atoms with van der Waals surface area (Å²) in [6, 6.07) is 15.2. The smallest absolute Gasteiger partial charge is 0.253 e. The first-order valence-corrected chi connectivity index (χ1v) is 11.4. The van der Waals surface area contributed by atoms with Crippen molar-refractivity contribution >= 4 is 51.4 Å². The van der Waals surface area contributed by atoms with Crippen molar-refractivity contribution in [2.75, 3.05) is 16.4 Å². The molecule has 3 aromatic rings. The van der Waals surface area contributed by atoms with Gasteiger partial charge in [-0.15, -0.1) is 10.2 Å². The van der Waals surface area contributed by atoms with Crippen molar-refractivity contribution in [1.82, 2.24) is 15.5 Å². The van der Waals surface area contributed by atoms with Crippen LogP contribution in [0, 0.1) is 6.92 Å². The zero-order valence-corrected chi connectivity index (χ0v) is 18.0. The molecule has 1 fully saturated rings. The van der Waals surface area contributed by atoms with Gasteiger partial charge in [-0.25, -0.2) is 0 Å². The molecule has 1 aliphatic rings. The molecule has 0 aliphatic heterocycles. The van der Waals surface area contributed by atoms with Gasteiger partial charge in [0.1, 0.15) is 0 Å². The minimum Gasteiger partial charge on any atom is -0.349 e. The maximum absolute atomic E-state index is 12.4. The number of aromatic nitrogens is 2. The number of hydrogen-bond donors (Lipinski definition) is 3. The number of nitrogens with zero attached hydrogens (tertiary/aromatic N) is 2. The average Bonchev–Trinajstić information content (AvgIpc) is 3.44. The summed E-state index contributed by atoms with van der Waals surface area (Å²) in [5.41, 5.74) is 3.08. The van der Waals surface area contributed by atoms with Crippen molar-refractivity contribution in [2.24, 2.45) is 0 Å². The molecular weight excluding hydrogens is 418 g/mol. The Bertz CT molecular complexity index is 1060. The van der Waals surface area contributed by atoms with Crippen molar-refractivity contribution in [2.45, 2.75) is 30.1 Å². The number of para-hydroxylation sites is 2. The summed E-state index contributed by atoms with van der Waals surface area (Å²) in [5, 5.41) is 18.0. The number of hydrogen-bond acceptors (Lipinski definition) is 7. The van der Waals surface area contributed by atoms with Crippen LogP contribution < -0.4 is 16.0 Å². The normalized spacial score (nSPS) is 13.0. The molecule has 2 amide bonds. The van der Waals surface area contributed by atoms with Gasteiger partial charge in [-0.05, 0) is 43.5 Å². The fourth-order valence-corrected chi connectivity index (χ4v) is 4.31. The predicted octanol–water partition coefficient (Wildman–Crippen LogP) is 4.21. The highest BCUT2D eigenvalue weighted by Gasteiger charge is 2.25. The van der Waals surface area contributed by atoms with Gasteiger partial charge in [0.25, 0.3) is 5.91 Å². The van der Waals surface area contributed by atoms with Gasteiger partial charge in [-0.3, -0.25) is 9.59 Å².